The number of carbonyl (C=O) groups excluding carboxylic acids is 2. The highest BCUT2D eigenvalue weighted by Gasteiger charge is 2.38. The zero-order valence-electron chi connectivity index (χ0n) is 32.8. The van der Waals surface area contributed by atoms with Gasteiger partial charge in [-0.2, -0.15) is 0 Å². The van der Waals surface area contributed by atoms with E-state index in [-0.39, 0.29) is 41.8 Å². The summed E-state index contributed by atoms with van der Waals surface area (Å²) in [5, 5.41) is 2.32. The zero-order valence-corrected chi connectivity index (χ0v) is 34.4. The maximum absolute atomic E-state index is 14.5. The van der Waals surface area contributed by atoms with Crippen molar-refractivity contribution in [3.05, 3.63) is 197 Å². The molecule has 8 aromatic carbocycles. The molecule has 0 amide bonds. The lowest BCUT2D eigenvalue weighted by Gasteiger charge is -2.24. The Hall–Kier alpha value is -7.20. The molecule has 9 heteroatoms. The van der Waals surface area contributed by atoms with E-state index in [1.165, 1.54) is 47.5 Å². The summed E-state index contributed by atoms with van der Waals surface area (Å²) >= 11 is 0. The number of rotatable bonds is 4. The second kappa shape index (κ2) is 13.1. The number of benzene rings is 8. The first-order valence-corrected chi connectivity index (χ1v) is 22.7. The van der Waals surface area contributed by atoms with Crippen LogP contribution in [0.5, 0.6) is 0 Å². The first-order valence-electron chi connectivity index (χ1n) is 19.7. The van der Waals surface area contributed by atoms with Crippen molar-refractivity contribution in [2.24, 2.45) is 0 Å². The van der Waals surface area contributed by atoms with Crippen LogP contribution >= 0.6 is 0 Å². The summed E-state index contributed by atoms with van der Waals surface area (Å²) in [5.74, 6) is -0.836. The van der Waals surface area contributed by atoms with E-state index >= 15 is 0 Å². The van der Waals surface area contributed by atoms with Gasteiger partial charge in [0.25, 0.3) is 0 Å². The van der Waals surface area contributed by atoms with Gasteiger partial charge in [0.05, 0.1) is 30.6 Å². The monoisotopic (exact) mass is 831 g/mol. The van der Waals surface area contributed by atoms with Crippen molar-refractivity contribution in [1.29, 1.82) is 0 Å². The van der Waals surface area contributed by atoms with Gasteiger partial charge in [-0.3, -0.25) is 9.59 Å². The highest BCUT2D eigenvalue weighted by molar-refractivity contribution is 7.92. The van der Waals surface area contributed by atoms with Gasteiger partial charge in [-0.25, -0.2) is 16.8 Å². The Labute approximate surface area is 352 Å². The molecule has 1 aromatic heterocycles. The molecule has 0 unspecified atom stereocenters. The van der Waals surface area contributed by atoms with Crippen LogP contribution in [0.4, 0.5) is 0 Å². The van der Waals surface area contributed by atoms with Gasteiger partial charge in [0, 0.05) is 38.7 Å². The third-order valence-corrected chi connectivity index (χ3v) is 15.8. The molecule has 3 heterocycles. The van der Waals surface area contributed by atoms with Gasteiger partial charge in [0.15, 0.2) is 11.6 Å². The summed E-state index contributed by atoms with van der Waals surface area (Å²) in [6, 6.07) is 48.7. The number of aryl methyl sites for hydroxylation is 2. The van der Waals surface area contributed by atoms with Crippen LogP contribution in [0.15, 0.2) is 183 Å². The van der Waals surface area contributed by atoms with Crippen LogP contribution in [0.2, 0.25) is 0 Å². The first kappa shape index (κ1) is 36.8. The molecule has 294 valence electrons. The molecule has 0 saturated carbocycles. The Morgan fingerprint density at radius 1 is 0.377 bits per heavy atom. The molecule has 2 aliphatic heterocycles. The van der Waals surface area contributed by atoms with Crippen LogP contribution in [0.1, 0.15) is 43.0 Å². The van der Waals surface area contributed by atoms with Crippen LogP contribution in [-0.2, 0) is 19.7 Å². The van der Waals surface area contributed by atoms with E-state index in [0.717, 1.165) is 33.1 Å². The largest absolute Gasteiger partial charge is 0.309 e. The van der Waals surface area contributed by atoms with E-state index in [9.17, 15) is 26.4 Å². The normalized spacial score (nSPS) is 14.7. The van der Waals surface area contributed by atoms with Crippen molar-refractivity contribution in [3.8, 4) is 39.1 Å². The number of hydrogen-bond acceptors (Lipinski definition) is 6. The second-order valence-corrected chi connectivity index (χ2v) is 19.5. The first-order chi connectivity index (χ1) is 29.4. The van der Waals surface area contributed by atoms with Crippen molar-refractivity contribution < 1.29 is 26.4 Å². The molecule has 7 nitrogen and oxygen atoms in total. The molecule has 0 fully saturated rings. The minimum absolute atomic E-state index is 0.0359. The molecular formula is C52H33NO6S2. The van der Waals surface area contributed by atoms with Crippen LogP contribution in [0.25, 0.3) is 60.9 Å². The Morgan fingerprint density at radius 2 is 0.836 bits per heavy atom. The summed E-state index contributed by atoms with van der Waals surface area (Å²) in [6.45, 7) is 4.18. The summed E-state index contributed by atoms with van der Waals surface area (Å²) < 4.78 is 58.4. The Bertz CT molecular complexity index is 3620. The van der Waals surface area contributed by atoms with E-state index in [2.05, 4.69) is 54.8 Å². The average molecular weight is 832 g/mol. The predicted octanol–water partition coefficient (Wildman–Crippen LogP) is 11.2. The van der Waals surface area contributed by atoms with Crippen LogP contribution in [0, 0.1) is 13.8 Å². The number of carbonyl (C=O) groups is 2. The van der Waals surface area contributed by atoms with E-state index in [4.69, 9.17) is 0 Å². The van der Waals surface area contributed by atoms with Gasteiger partial charge in [-0.15, -0.1) is 0 Å². The molecule has 11 rings (SSSR count). The Morgan fingerprint density at radius 3 is 1.39 bits per heavy atom. The van der Waals surface area contributed by atoms with Crippen molar-refractivity contribution in [2.45, 2.75) is 33.4 Å². The molecule has 9 aromatic rings. The van der Waals surface area contributed by atoms with E-state index in [1.54, 1.807) is 48.5 Å². The lowest BCUT2D eigenvalue weighted by Crippen LogP contribution is -2.21. The summed E-state index contributed by atoms with van der Waals surface area (Å²) in [5.41, 5.74) is 9.08. The van der Waals surface area contributed by atoms with Gasteiger partial charge in [-0.05, 0) is 126 Å². The molecular weight excluding hydrogens is 799 g/mol. The zero-order chi connectivity index (χ0) is 41.9. The van der Waals surface area contributed by atoms with E-state index in [0.29, 0.717) is 27.8 Å². The highest BCUT2D eigenvalue weighted by Crippen LogP contribution is 2.46. The molecule has 0 atom stereocenters. The number of hydrogen-bond donors (Lipinski definition) is 0. The minimum Gasteiger partial charge on any atom is -0.309 e. The van der Waals surface area contributed by atoms with Gasteiger partial charge in [0.1, 0.15) is 0 Å². The second-order valence-electron chi connectivity index (χ2n) is 15.7. The van der Waals surface area contributed by atoms with E-state index in [1.807, 2.05) is 42.5 Å². The number of nitrogens with zero attached hydrogens (tertiary/aromatic N) is 1. The van der Waals surface area contributed by atoms with Crippen molar-refractivity contribution >= 4 is 53.0 Å². The fourth-order valence-corrected chi connectivity index (χ4v) is 12.6. The van der Waals surface area contributed by atoms with Gasteiger partial charge < -0.3 is 4.57 Å². The molecule has 0 saturated heterocycles. The molecule has 0 bridgehead atoms. The number of sulfone groups is 2. The molecule has 2 aliphatic rings. The maximum Gasteiger partial charge on any atom is 0.208 e. The Balaban J connectivity index is 1.14. The van der Waals surface area contributed by atoms with Gasteiger partial charge >= 0.3 is 0 Å². The third kappa shape index (κ3) is 5.34. The van der Waals surface area contributed by atoms with Crippen molar-refractivity contribution in [2.75, 3.05) is 0 Å². The standard InChI is InChI=1S/C52H33NO6S2/c1-30-17-25-43-41(27-30)42-28-31(2)18-26-44(42)53(43)34-22-19-32(20-23-34)35-24-21-33(36-11-7-15-47-49(36)51(54)38-9-3-5-13-45(38)60(47,56)57)29-40(35)37-12-8-16-48-50(37)52(55)39-10-4-6-14-46(39)61(48,58)59/h3-29H,1-2H3. The number of aromatic nitrogens is 1. The maximum atomic E-state index is 14.5. The average Bonchev–Trinajstić information content (AvgIpc) is 3.59. The van der Waals surface area contributed by atoms with Gasteiger partial charge in [-0.1, -0.05) is 96.1 Å². The summed E-state index contributed by atoms with van der Waals surface area (Å²) in [4.78, 5) is 28.4. The topological polar surface area (TPSA) is 107 Å². The Kier molecular flexibility index (Phi) is 7.94. The SMILES string of the molecule is Cc1ccc2c(c1)c1cc(C)ccc1n2-c1ccc(-c2ccc(-c3cccc4c3C(=O)c3ccccc3S4(=O)=O)cc2-c2cccc3c2C(=O)c2ccccc2S3(=O)=O)cc1. The van der Waals surface area contributed by atoms with Crippen molar-refractivity contribution in [3.63, 3.8) is 0 Å². The smallest absolute Gasteiger partial charge is 0.208 e. The number of ketones is 2. The predicted molar refractivity (Wildman–Crippen MR) is 237 cm³/mol. The van der Waals surface area contributed by atoms with E-state index < -0.39 is 31.2 Å². The van der Waals surface area contributed by atoms with Gasteiger partial charge in [0.2, 0.25) is 19.7 Å². The summed E-state index contributed by atoms with van der Waals surface area (Å²) in [7, 11) is -8.10. The molecule has 0 N–H and O–H groups in total. The van der Waals surface area contributed by atoms with Crippen LogP contribution in [-0.4, -0.2) is 33.0 Å². The van der Waals surface area contributed by atoms with Crippen LogP contribution in [0.3, 0.4) is 0 Å². The lowest BCUT2D eigenvalue weighted by atomic mass is 9.85. The quantitative estimate of drug-likeness (QED) is 0.175. The number of fused-ring (bicyclic) bond motifs is 7. The summed E-state index contributed by atoms with van der Waals surface area (Å²) in [6.07, 6.45) is 0. The van der Waals surface area contributed by atoms with Crippen molar-refractivity contribution in [1.82, 2.24) is 4.57 Å². The van der Waals surface area contributed by atoms with Crippen LogP contribution < -0.4 is 0 Å². The highest BCUT2D eigenvalue weighted by atomic mass is 32.2. The lowest BCUT2D eigenvalue weighted by molar-refractivity contribution is 0.102. The molecule has 0 radical (unpaired) electrons. The molecule has 0 aliphatic carbocycles. The minimum atomic E-state index is -4.07. The third-order valence-electron chi connectivity index (χ3n) is 12.1. The fraction of sp³-hybridized carbons (Fsp3) is 0.0385. The molecule has 61 heavy (non-hydrogen) atoms. The fourth-order valence-electron chi connectivity index (χ4n) is 9.23. The molecule has 0 spiro atoms.